The Bertz CT molecular complexity index is 405. The van der Waals surface area contributed by atoms with E-state index in [1.807, 2.05) is 13.8 Å². The lowest BCUT2D eigenvalue weighted by Gasteiger charge is -2.12. The highest BCUT2D eigenvalue weighted by Crippen LogP contribution is 2.33. The maximum absolute atomic E-state index is 13.7. The minimum atomic E-state index is -0.702. The summed E-state index contributed by atoms with van der Waals surface area (Å²) in [5.41, 5.74) is 5.34. The second-order valence-electron chi connectivity index (χ2n) is 2.96. The minimum absolute atomic E-state index is 0.0278. The molecule has 0 spiro atoms. The van der Waals surface area contributed by atoms with E-state index in [4.69, 9.17) is 15.2 Å². The van der Waals surface area contributed by atoms with Gasteiger partial charge < -0.3 is 15.2 Å². The molecule has 0 saturated heterocycles. The zero-order valence-corrected chi connectivity index (χ0v) is 10.8. The van der Waals surface area contributed by atoms with E-state index in [0.717, 1.165) is 0 Å². The molecule has 1 rings (SSSR count). The van der Waals surface area contributed by atoms with Gasteiger partial charge in [-0.3, -0.25) is 4.79 Å². The van der Waals surface area contributed by atoms with Gasteiger partial charge in [-0.25, -0.2) is 4.39 Å². The second kappa shape index (κ2) is 6.73. The fraction of sp³-hybridized carbons (Fsp3) is 0.417. The van der Waals surface area contributed by atoms with Crippen molar-refractivity contribution in [2.24, 2.45) is 5.73 Å². The summed E-state index contributed by atoms with van der Waals surface area (Å²) in [6.45, 7) is 5.46. The molecule has 1 aromatic carbocycles. The second-order valence-corrected chi connectivity index (χ2v) is 2.96. The fourth-order valence-corrected chi connectivity index (χ4v) is 1.30. The Morgan fingerprint density at radius 1 is 1.29 bits per heavy atom. The number of halogens is 1. The summed E-state index contributed by atoms with van der Waals surface area (Å²) in [5, 5.41) is 0. The van der Waals surface area contributed by atoms with E-state index in [9.17, 15) is 9.18 Å². The third kappa shape index (κ3) is 3.09. The van der Waals surface area contributed by atoms with Crippen LogP contribution in [0.1, 0.15) is 29.8 Å². The van der Waals surface area contributed by atoms with E-state index >= 15 is 0 Å². The number of carbonyl (C=O) groups excluding carboxylic acids is 1. The van der Waals surface area contributed by atoms with Gasteiger partial charge in [-0.1, -0.05) is 13.8 Å². The summed E-state index contributed by atoms with van der Waals surface area (Å²) in [4.78, 5) is 11.0. The van der Waals surface area contributed by atoms with Gasteiger partial charge in [-0.05, 0) is 13.0 Å². The third-order valence-corrected chi connectivity index (χ3v) is 2.12. The van der Waals surface area contributed by atoms with Gasteiger partial charge in [-0.15, -0.1) is 0 Å². The van der Waals surface area contributed by atoms with Crippen molar-refractivity contribution in [1.29, 1.82) is 0 Å². The van der Waals surface area contributed by atoms with E-state index in [1.54, 1.807) is 0 Å². The number of methoxy groups -OCH3 is 2. The summed E-state index contributed by atoms with van der Waals surface area (Å²) < 4.78 is 23.4. The van der Waals surface area contributed by atoms with Crippen LogP contribution in [0.5, 0.6) is 11.5 Å². The van der Waals surface area contributed by atoms with Crippen LogP contribution < -0.4 is 15.2 Å². The first-order chi connectivity index (χ1) is 8.02. The molecule has 1 aromatic rings. The van der Waals surface area contributed by atoms with Crippen LogP contribution >= 0.6 is 0 Å². The predicted octanol–water partition coefficient (Wildman–Crippen LogP) is 2.28. The predicted molar refractivity (Wildman–Crippen MR) is 64.1 cm³/mol. The van der Waals surface area contributed by atoms with Crippen molar-refractivity contribution in [3.8, 4) is 11.5 Å². The van der Waals surface area contributed by atoms with Gasteiger partial charge in [0, 0.05) is 11.1 Å². The topological polar surface area (TPSA) is 61.5 Å². The number of benzene rings is 1. The van der Waals surface area contributed by atoms with Crippen LogP contribution in [-0.4, -0.2) is 20.1 Å². The molecule has 0 aliphatic rings. The average Bonchev–Trinajstić information content (AvgIpc) is 2.34. The highest BCUT2D eigenvalue weighted by atomic mass is 19.1. The van der Waals surface area contributed by atoms with Gasteiger partial charge >= 0.3 is 0 Å². The Labute approximate surface area is 101 Å². The minimum Gasteiger partial charge on any atom is -0.493 e. The van der Waals surface area contributed by atoms with Gasteiger partial charge in [0.2, 0.25) is 5.91 Å². The quantitative estimate of drug-likeness (QED) is 0.885. The Balaban J connectivity index is 0.00000121. The van der Waals surface area contributed by atoms with Gasteiger partial charge in [-0.2, -0.15) is 0 Å². The lowest BCUT2D eigenvalue weighted by molar-refractivity contribution is 0.0998. The van der Waals surface area contributed by atoms with Gasteiger partial charge in [0.05, 0.1) is 14.2 Å². The lowest BCUT2D eigenvalue weighted by Crippen LogP contribution is -2.14. The molecule has 1 amide bonds. The van der Waals surface area contributed by atoms with Crippen LogP contribution in [0.2, 0.25) is 0 Å². The Morgan fingerprint density at radius 3 is 2.18 bits per heavy atom. The van der Waals surface area contributed by atoms with E-state index in [1.165, 1.54) is 27.2 Å². The normalized spacial score (nSPS) is 9.06. The number of hydrogen-bond acceptors (Lipinski definition) is 3. The van der Waals surface area contributed by atoms with Crippen LogP contribution in [0.25, 0.3) is 0 Å². The van der Waals surface area contributed by atoms with Crippen LogP contribution in [0.4, 0.5) is 4.39 Å². The van der Waals surface area contributed by atoms with Crippen LogP contribution in [0.3, 0.4) is 0 Å². The number of ether oxygens (including phenoxy) is 2. The van der Waals surface area contributed by atoms with Crippen molar-refractivity contribution in [2.75, 3.05) is 14.2 Å². The van der Waals surface area contributed by atoms with Crippen molar-refractivity contribution in [1.82, 2.24) is 0 Å². The third-order valence-electron chi connectivity index (χ3n) is 2.12. The van der Waals surface area contributed by atoms with E-state index in [0.29, 0.717) is 0 Å². The molecular formula is C12H18FNO3. The zero-order chi connectivity index (χ0) is 13.6. The molecule has 17 heavy (non-hydrogen) atoms. The largest absolute Gasteiger partial charge is 0.493 e. The van der Waals surface area contributed by atoms with Crippen molar-refractivity contribution >= 4 is 5.91 Å². The molecule has 0 saturated carbocycles. The molecule has 0 atom stereocenters. The first kappa shape index (κ1) is 15.2. The summed E-state index contributed by atoms with van der Waals surface area (Å²) >= 11 is 0. The molecule has 0 fully saturated rings. The average molecular weight is 243 g/mol. The standard InChI is InChI=1S/C10H12FNO3.C2H6/c1-5-6(10(12)13)4-7(14-2)9(15-3)8(5)11;1-2/h4H,1-3H3,(H2,12,13);1-2H3. The van der Waals surface area contributed by atoms with Crippen molar-refractivity contribution in [3.05, 3.63) is 23.0 Å². The molecule has 0 heterocycles. The molecule has 0 radical (unpaired) electrons. The first-order valence-electron chi connectivity index (χ1n) is 5.23. The van der Waals surface area contributed by atoms with E-state index in [2.05, 4.69) is 0 Å². The maximum atomic E-state index is 13.7. The van der Waals surface area contributed by atoms with Crippen molar-refractivity contribution < 1.29 is 18.7 Å². The highest BCUT2D eigenvalue weighted by Gasteiger charge is 2.19. The SMILES string of the molecule is CC.COc1cc(C(N)=O)c(C)c(F)c1OC. The summed E-state index contributed by atoms with van der Waals surface area (Å²) in [6.07, 6.45) is 0. The zero-order valence-electron chi connectivity index (χ0n) is 10.8. The molecule has 0 unspecified atom stereocenters. The Hall–Kier alpha value is -1.78. The monoisotopic (exact) mass is 243 g/mol. The van der Waals surface area contributed by atoms with Gasteiger partial charge in [0.1, 0.15) is 0 Å². The molecular weight excluding hydrogens is 225 g/mol. The molecule has 5 heteroatoms. The molecule has 2 N–H and O–H groups in total. The number of rotatable bonds is 3. The summed E-state index contributed by atoms with van der Waals surface area (Å²) in [7, 11) is 2.68. The molecule has 4 nitrogen and oxygen atoms in total. The molecule has 0 aromatic heterocycles. The summed E-state index contributed by atoms with van der Waals surface area (Å²) in [5.74, 6) is -1.22. The molecule has 0 aliphatic heterocycles. The number of amides is 1. The first-order valence-corrected chi connectivity index (χ1v) is 5.23. The number of nitrogens with two attached hydrogens (primary N) is 1. The van der Waals surface area contributed by atoms with Crippen molar-refractivity contribution in [2.45, 2.75) is 20.8 Å². The maximum Gasteiger partial charge on any atom is 0.249 e. The number of hydrogen-bond donors (Lipinski definition) is 1. The Morgan fingerprint density at radius 2 is 1.82 bits per heavy atom. The van der Waals surface area contributed by atoms with Crippen LogP contribution in [0, 0.1) is 12.7 Å². The van der Waals surface area contributed by atoms with Crippen molar-refractivity contribution in [3.63, 3.8) is 0 Å². The van der Waals surface area contributed by atoms with Crippen LogP contribution in [-0.2, 0) is 0 Å². The van der Waals surface area contributed by atoms with Crippen LogP contribution in [0.15, 0.2) is 6.07 Å². The smallest absolute Gasteiger partial charge is 0.249 e. The Kier molecular flexibility index (Phi) is 6.02. The van der Waals surface area contributed by atoms with Gasteiger partial charge in [0.15, 0.2) is 17.3 Å². The van der Waals surface area contributed by atoms with E-state index < -0.39 is 11.7 Å². The fourth-order valence-electron chi connectivity index (χ4n) is 1.30. The molecule has 0 aliphatic carbocycles. The van der Waals surface area contributed by atoms with E-state index in [-0.39, 0.29) is 22.6 Å². The number of primary amides is 1. The molecule has 96 valence electrons. The molecule has 0 bridgehead atoms. The van der Waals surface area contributed by atoms with Gasteiger partial charge in [0.25, 0.3) is 0 Å². The number of carbonyl (C=O) groups is 1. The lowest BCUT2D eigenvalue weighted by atomic mass is 10.1. The summed E-state index contributed by atoms with van der Waals surface area (Å²) in [6, 6.07) is 1.36. The highest BCUT2D eigenvalue weighted by molar-refractivity contribution is 5.95.